The van der Waals surface area contributed by atoms with Crippen molar-refractivity contribution < 1.29 is 9.84 Å². The van der Waals surface area contributed by atoms with Crippen LogP contribution in [0, 0.1) is 25.7 Å². The number of benzene rings is 1. The molecule has 100 valence electrons. The van der Waals surface area contributed by atoms with Gasteiger partial charge in [0.2, 0.25) is 0 Å². The van der Waals surface area contributed by atoms with Gasteiger partial charge in [-0.15, -0.1) is 0 Å². The van der Waals surface area contributed by atoms with Crippen LogP contribution in [-0.4, -0.2) is 24.9 Å². The zero-order valence-corrected chi connectivity index (χ0v) is 11.9. The summed E-state index contributed by atoms with van der Waals surface area (Å²) in [6.07, 6.45) is 0. The van der Waals surface area contributed by atoms with E-state index in [2.05, 4.69) is 45.9 Å². The Balaban J connectivity index is 2.40. The van der Waals surface area contributed by atoms with E-state index < -0.39 is 0 Å². The van der Waals surface area contributed by atoms with Crippen molar-refractivity contribution in [2.24, 2.45) is 11.8 Å². The lowest BCUT2D eigenvalue weighted by molar-refractivity contribution is -0.111. The van der Waals surface area contributed by atoms with E-state index in [-0.39, 0.29) is 17.9 Å². The fraction of sp³-hybridized carbons (Fsp3) is 0.625. The zero-order chi connectivity index (χ0) is 13.3. The summed E-state index contributed by atoms with van der Waals surface area (Å²) >= 11 is 0. The SMILES string of the molecule is Cc1ccc(C2(C(CO)C(C)C)COC2)cc1C. The molecule has 1 unspecified atom stereocenters. The van der Waals surface area contributed by atoms with E-state index >= 15 is 0 Å². The van der Waals surface area contributed by atoms with Gasteiger partial charge in [0.25, 0.3) is 0 Å². The minimum atomic E-state index is 0.0153. The molecule has 18 heavy (non-hydrogen) atoms. The summed E-state index contributed by atoms with van der Waals surface area (Å²) in [7, 11) is 0. The minimum Gasteiger partial charge on any atom is -0.396 e. The molecule has 2 heteroatoms. The Morgan fingerprint density at radius 2 is 1.89 bits per heavy atom. The summed E-state index contributed by atoms with van der Waals surface area (Å²) in [5, 5.41) is 9.73. The van der Waals surface area contributed by atoms with Crippen molar-refractivity contribution in [3.05, 3.63) is 34.9 Å². The van der Waals surface area contributed by atoms with Gasteiger partial charge in [-0.3, -0.25) is 0 Å². The molecule has 0 bridgehead atoms. The molecule has 1 N–H and O–H groups in total. The molecule has 1 aliphatic rings. The van der Waals surface area contributed by atoms with Crippen molar-refractivity contribution in [2.75, 3.05) is 19.8 Å². The molecular weight excluding hydrogens is 224 g/mol. The summed E-state index contributed by atoms with van der Waals surface area (Å²) in [6.45, 7) is 10.3. The smallest absolute Gasteiger partial charge is 0.0589 e. The summed E-state index contributed by atoms with van der Waals surface area (Å²) < 4.78 is 5.48. The van der Waals surface area contributed by atoms with Crippen LogP contribution in [0.2, 0.25) is 0 Å². The number of hydrogen-bond acceptors (Lipinski definition) is 2. The summed E-state index contributed by atoms with van der Waals surface area (Å²) in [4.78, 5) is 0. The van der Waals surface area contributed by atoms with Crippen LogP contribution in [-0.2, 0) is 10.2 Å². The first kappa shape index (κ1) is 13.6. The largest absolute Gasteiger partial charge is 0.396 e. The summed E-state index contributed by atoms with van der Waals surface area (Å²) in [6, 6.07) is 6.65. The second kappa shape index (κ2) is 5.02. The van der Waals surface area contributed by atoms with Crippen molar-refractivity contribution in [3.8, 4) is 0 Å². The third-order valence-electron chi connectivity index (χ3n) is 4.51. The highest BCUT2D eigenvalue weighted by Gasteiger charge is 2.47. The number of aryl methyl sites for hydroxylation is 2. The van der Waals surface area contributed by atoms with Gasteiger partial charge in [-0.25, -0.2) is 0 Å². The van der Waals surface area contributed by atoms with Crippen LogP contribution in [0.3, 0.4) is 0 Å². The highest BCUT2D eigenvalue weighted by Crippen LogP contribution is 2.43. The first-order chi connectivity index (χ1) is 8.51. The molecule has 1 heterocycles. The van der Waals surface area contributed by atoms with Crippen molar-refractivity contribution in [2.45, 2.75) is 33.1 Å². The fourth-order valence-electron chi connectivity index (χ4n) is 2.99. The Labute approximate surface area is 110 Å². The maximum absolute atomic E-state index is 9.73. The van der Waals surface area contributed by atoms with Gasteiger partial charge in [0.1, 0.15) is 0 Å². The molecule has 2 rings (SSSR count). The molecule has 1 saturated heterocycles. The van der Waals surface area contributed by atoms with Crippen molar-refractivity contribution in [1.82, 2.24) is 0 Å². The lowest BCUT2D eigenvalue weighted by Gasteiger charge is -2.49. The molecule has 2 nitrogen and oxygen atoms in total. The first-order valence-corrected chi connectivity index (χ1v) is 6.77. The van der Waals surface area contributed by atoms with Gasteiger partial charge >= 0.3 is 0 Å². The lowest BCUT2D eigenvalue weighted by Crippen LogP contribution is -2.55. The van der Waals surface area contributed by atoms with E-state index in [9.17, 15) is 5.11 Å². The molecule has 0 amide bonds. The molecule has 1 aromatic carbocycles. The monoisotopic (exact) mass is 248 g/mol. The molecule has 0 spiro atoms. The summed E-state index contributed by atoms with van der Waals surface area (Å²) in [5.41, 5.74) is 3.98. The maximum Gasteiger partial charge on any atom is 0.0589 e. The topological polar surface area (TPSA) is 29.5 Å². The number of aliphatic hydroxyl groups excluding tert-OH is 1. The first-order valence-electron chi connectivity index (χ1n) is 6.77. The van der Waals surface area contributed by atoms with Crippen LogP contribution in [0.15, 0.2) is 18.2 Å². The molecule has 0 aromatic heterocycles. The van der Waals surface area contributed by atoms with E-state index in [1.54, 1.807) is 0 Å². The highest BCUT2D eigenvalue weighted by atomic mass is 16.5. The third kappa shape index (κ3) is 2.08. The summed E-state index contributed by atoms with van der Waals surface area (Å²) in [5.74, 6) is 0.730. The second-order valence-electron chi connectivity index (χ2n) is 5.98. The van der Waals surface area contributed by atoms with Crippen LogP contribution in [0.4, 0.5) is 0 Å². The molecule has 1 fully saturated rings. The Morgan fingerprint density at radius 3 is 2.28 bits per heavy atom. The number of aliphatic hydroxyl groups is 1. The normalized spacial score (nSPS) is 19.7. The Morgan fingerprint density at radius 1 is 1.22 bits per heavy atom. The number of hydrogen-bond donors (Lipinski definition) is 1. The zero-order valence-electron chi connectivity index (χ0n) is 11.9. The molecule has 1 aliphatic heterocycles. The molecule has 1 atom stereocenters. The molecule has 1 aromatic rings. The second-order valence-corrected chi connectivity index (χ2v) is 5.98. The van der Waals surface area contributed by atoms with E-state index in [0.29, 0.717) is 5.92 Å². The quantitative estimate of drug-likeness (QED) is 0.888. The van der Waals surface area contributed by atoms with Gasteiger partial charge in [-0.1, -0.05) is 32.0 Å². The Kier molecular flexibility index (Phi) is 3.79. The van der Waals surface area contributed by atoms with Gasteiger partial charge in [-0.05, 0) is 42.4 Å². The molecule has 0 aliphatic carbocycles. The van der Waals surface area contributed by atoms with Crippen molar-refractivity contribution in [1.29, 1.82) is 0 Å². The van der Waals surface area contributed by atoms with Crippen LogP contribution in [0.25, 0.3) is 0 Å². The predicted molar refractivity (Wildman–Crippen MR) is 73.8 cm³/mol. The van der Waals surface area contributed by atoms with Gasteiger partial charge in [0, 0.05) is 12.0 Å². The van der Waals surface area contributed by atoms with Gasteiger partial charge in [0.15, 0.2) is 0 Å². The van der Waals surface area contributed by atoms with E-state index in [1.165, 1.54) is 16.7 Å². The van der Waals surface area contributed by atoms with Crippen LogP contribution >= 0.6 is 0 Å². The third-order valence-corrected chi connectivity index (χ3v) is 4.51. The molecule has 0 saturated carbocycles. The minimum absolute atomic E-state index is 0.0153. The van der Waals surface area contributed by atoms with Crippen molar-refractivity contribution >= 4 is 0 Å². The van der Waals surface area contributed by atoms with Gasteiger partial charge < -0.3 is 9.84 Å². The average Bonchev–Trinajstić information content (AvgIpc) is 2.26. The predicted octanol–water partition coefficient (Wildman–Crippen LogP) is 2.84. The van der Waals surface area contributed by atoms with E-state index in [4.69, 9.17) is 4.74 Å². The van der Waals surface area contributed by atoms with E-state index in [1.807, 2.05) is 0 Å². The van der Waals surface area contributed by atoms with Crippen molar-refractivity contribution in [3.63, 3.8) is 0 Å². The van der Waals surface area contributed by atoms with Gasteiger partial charge in [0.05, 0.1) is 13.2 Å². The van der Waals surface area contributed by atoms with E-state index in [0.717, 1.165) is 13.2 Å². The van der Waals surface area contributed by atoms with Crippen LogP contribution < -0.4 is 0 Å². The fourth-order valence-corrected chi connectivity index (χ4v) is 2.99. The van der Waals surface area contributed by atoms with Crippen LogP contribution in [0.1, 0.15) is 30.5 Å². The molecular formula is C16H24O2. The maximum atomic E-state index is 9.73. The Bertz CT molecular complexity index is 419. The molecule has 0 radical (unpaired) electrons. The Hall–Kier alpha value is -0.860. The van der Waals surface area contributed by atoms with Gasteiger partial charge in [-0.2, -0.15) is 0 Å². The van der Waals surface area contributed by atoms with Crippen LogP contribution in [0.5, 0.6) is 0 Å². The highest BCUT2D eigenvalue weighted by molar-refractivity contribution is 5.37. The standard InChI is InChI=1S/C16H24O2/c1-11(2)15(8-17)16(9-18-10-16)14-6-5-12(3)13(4)7-14/h5-7,11,15,17H,8-10H2,1-4H3. The number of rotatable bonds is 4. The lowest BCUT2D eigenvalue weighted by atomic mass is 9.64. The average molecular weight is 248 g/mol. The number of ether oxygens (including phenoxy) is 1.